The molecular formula is C18H34N2O. The van der Waals surface area contributed by atoms with E-state index in [1.54, 1.807) is 0 Å². The maximum atomic E-state index is 5.69. The molecule has 3 heteroatoms. The van der Waals surface area contributed by atoms with E-state index in [0.717, 1.165) is 18.5 Å². The van der Waals surface area contributed by atoms with Crippen LogP contribution in [0.4, 0.5) is 0 Å². The quantitative estimate of drug-likeness (QED) is 0.862. The van der Waals surface area contributed by atoms with Crippen molar-refractivity contribution >= 4 is 0 Å². The molecule has 1 aliphatic heterocycles. The molecule has 0 aromatic rings. The average Bonchev–Trinajstić information content (AvgIpc) is 3.35. The van der Waals surface area contributed by atoms with Gasteiger partial charge in [-0.1, -0.05) is 6.92 Å². The third-order valence-corrected chi connectivity index (χ3v) is 6.66. The molecule has 2 aliphatic carbocycles. The monoisotopic (exact) mass is 294 g/mol. The summed E-state index contributed by atoms with van der Waals surface area (Å²) < 4.78 is 5.69. The van der Waals surface area contributed by atoms with Crippen LogP contribution in [0.25, 0.3) is 0 Å². The first kappa shape index (κ1) is 15.8. The Balaban J connectivity index is 1.79. The molecule has 0 amide bonds. The van der Waals surface area contributed by atoms with Gasteiger partial charge in [-0.15, -0.1) is 0 Å². The van der Waals surface area contributed by atoms with Crippen LogP contribution in [0.5, 0.6) is 0 Å². The average molecular weight is 294 g/mol. The lowest BCUT2D eigenvalue weighted by Crippen LogP contribution is -2.71. The molecule has 1 heterocycles. The molecule has 0 spiro atoms. The molecule has 4 unspecified atom stereocenters. The van der Waals surface area contributed by atoms with Crippen molar-refractivity contribution in [1.29, 1.82) is 0 Å². The van der Waals surface area contributed by atoms with Gasteiger partial charge in [0, 0.05) is 37.3 Å². The molecule has 1 N–H and O–H groups in total. The summed E-state index contributed by atoms with van der Waals surface area (Å²) in [4.78, 5) is 2.90. The summed E-state index contributed by atoms with van der Waals surface area (Å²) >= 11 is 0. The van der Waals surface area contributed by atoms with Gasteiger partial charge in [0.2, 0.25) is 0 Å². The van der Waals surface area contributed by atoms with E-state index in [2.05, 4.69) is 31.0 Å². The van der Waals surface area contributed by atoms with Crippen LogP contribution in [0.15, 0.2) is 0 Å². The van der Waals surface area contributed by atoms with E-state index in [0.29, 0.717) is 11.6 Å². The maximum absolute atomic E-state index is 5.69. The normalized spacial score (nSPS) is 45.7. The predicted octanol–water partition coefficient (Wildman–Crippen LogP) is 3.19. The summed E-state index contributed by atoms with van der Waals surface area (Å²) in [7, 11) is 1.89. The largest absolute Gasteiger partial charge is 0.381 e. The Labute approximate surface area is 130 Å². The van der Waals surface area contributed by atoms with Crippen molar-refractivity contribution in [3.8, 4) is 0 Å². The molecule has 21 heavy (non-hydrogen) atoms. The summed E-state index contributed by atoms with van der Waals surface area (Å²) in [6, 6.07) is 0.724. The molecule has 0 aromatic heterocycles. The van der Waals surface area contributed by atoms with Crippen LogP contribution in [-0.2, 0) is 4.74 Å². The Hall–Kier alpha value is -0.120. The lowest BCUT2D eigenvalue weighted by molar-refractivity contribution is -0.0592. The summed E-state index contributed by atoms with van der Waals surface area (Å²) in [6.07, 6.45) is 9.73. The Kier molecular flexibility index (Phi) is 4.37. The minimum Gasteiger partial charge on any atom is -0.381 e. The molecule has 1 saturated heterocycles. The smallest absolute Gasteiger partial charge is 0.0586 e. The molecule has 3 aliphatic rings. The summed E-state index contributed by atoms with van der Waals surface area (Å²) in [5, 5.41) is 3.88. The molecule has 4 atom stereocenters. The van der Waals surface area contributed by atoms with Gasteiger partial charge in [0.05, 0.1) is 6.10 Å². The van der Waals surface area contributed by atoms with Gasteiger partial charge in [-0.25, -0.2) is 0 Å². The van der Waals surface area contributed by atoms with E-state index in [1.807, 2.05) is 7.11 Å². The molecule has 0 radical (unpaired) electrons. The Morgan fingerprint density at radius 2 is 1.95 bits per heavy atom. The first-order valence-corrected chi connectivity index (χ1v) is 9.05. The molecule has 2 saturated carbocycles. The zero-order chi connectivity index (χ0) is 15.1. The standard InChI is InChI=1S/C18H34N2O/c1-5-17(2)13-20(15-7-6-8-16(11-15)21-4)18(3,12-19-17)14-9-10-14/h14-16,19H,5-13H2,1-4H3. The lowest BCUT2D eigenvalue weighted by atomic mass is 9.80. The molecule has 0 bridgehead atoms. The van der Waals surface area contributed by atoms with Crippen molar-refractivity contribution < 1.29 is 4.74 Å². The third-order valence-electron chi connectivity index (χ3n) is 6.66. The Morgan fingerprint density at radius 3 is 2.57 bits per heavy atom. The van der Waals surface area contributed by atoms with Crippen molar-refractivity contribution in [1.82, 2.24) is 10.2 Å². The second kappa shape index (κ2) is 5.82. The fraction of sp³-hybridized carbons (Fsp3) is 1.00. The van der Waals surface area contributed by atoms with Crippen LogP contribution in [0, 0.1) is 5.92 Å². The maximum Gasteiger partial charge on any atom is 0.0586 e. The highest BCUT2D eigenvalue weighted by atomic mass is 16.5. The number of hydrogen-bond donors (Lipinski definition) is 1. The topological polar surface area (TPSA) is 24.5 Å². The van der Waals surface area contributed by atoms with Gasteiger partial charge in [0.25, 0.3) is 0 Å². The molecule has 3 rings (SSSR count). The highest BCUT2D eigenvalue weighted by Gasteiger charge is 2.52. The summed E-state index contributed by atoms with van der Waals surface area (Å²) in [5.74, 6) is 0.911. The Bertz CT molecular complexity index is 370. The number of ether oxygens (including phenoxy) is 1. The van der Waals surface area contributed by atoms with Crippen LogP contribution in [0.1, 0.15) is 65.7 Å². The van der Waals surface area contributed by atoms with Crippen LogP contribution >= 0.6 is 0 Å². The minimum atomic E-state index is 0.286. The second-order valence-corrected chi connectivity index (χ2v) is 8.21. The number of methoxy groups -OCH3 is 1. The molecule has 122 valence electrons. The predicted molar refractivity (Wildman–Crippen MR) is 87.6 cm³/mol. The van der Waals surface area contributed by atoms with Crippen molar-refractivity contribution in [2.24, 2.45) is 5.92 Å². The van der Waals surface area contributed by atoms with Crippen molar-refractivity contribution in [2.45, 2.75) is 88.9 Å². The number of rotatable bonds is 4. The van der Waals surface area contributed by atoms with Gasteiger partial charge >= 0.3 is 0 Å². The van der Waals surface area contributed by atoms with E-state index in [-0.39, 0.29) is 5.54 Å². The van der Waals surface area contributed by atoms with E-state index in [1.165, 1.54) is 51.5 Å². The zero-order valence-electron chi connectivity index (χ0n) is 14.5. The van der Waals surface area contributed by atoms with E-state index < -0.39 is 0 Å². The van der Waals surface area contributed by atoms with Gasteiger partial charge < -0.3 is 10.1 Å². The van der Waals surface area contributed by atoms with Gasteiger partial charge in [0.15, 0.2) is 0 Å². The lowest BCUT2D eigenvalue weighted by Gasteiger charge is -2.56. The van der Waals surface area contributed by atoms with Crippen molar-refractivity contribution in [2.75, 3.05) is 20.2 Å². The minimum absolute atomic E-state index is 0.286. The fourth-order valence-electron chi connectivity index (χ4n) is 4.59. The number of nitrogens with zero attached hydrogens (tertiary/aromatic N) is 1. The zero-order valence-corrected chi connectivity index (χ0v) is 14.5. The summed E-state index contributed by atoms with van der Waals surface area (Å²) in [6.45, 7) is 9.62. The van der Waals surface area contributed by atoms with Crippen LogP contribution in [0.3, 0.4) is 0 Å². The third kappa shape index (κ3) is 3.02. The first-order valence-electron chi connectivity index (χ1n) is 9.05. The van der Waals surface area contributed by atoms with Gasteiger partial charge in [-0.05, 0) is 64.7 Å². The molecule has 0 aromatic carbocycles. The van der Waals surface area contributed by atoms with Crippen LogP contribution < -0.4 is 5.32 Å². The van der Waals surface area contributed by atoms with Crippen molar-refractivity contribution in [3.63, 3.8) is 0 Å². The van der Waals surface area contributed by atoms with E-state index in [9.17, 15) is 0 Å². The molecule has 3 nitrogen and oxygen atoms in total. The number of piperazine rings is 1. The highest BCUT2D eigenvalue weighted by molar-refractivity contribution is 5.09. The number of hydrogen-bond acceptors (Lipinski definition) is 3. The highest BCUT2D eigenvalue weighted by Crippen LogP contribution is 2.47. The molecular weight excluding hydrogens is 260 g/mol. The van der Waals surface area contributed by atoms with Crippen molar-refractivity contribution in [3.05, 3.63) is 0 Å². The van der Waals surface area contributed by atoms with Gasteiger partial charge in [0.1, 0.15) is 0 Å². The van der Waals surface area contributed by atoms with Crippen LogP contribution in [0.2, 0.25) is 0 Å². The molecule has 3 fully saturated rings. The van der Waals surface area contributed by atoms with E-state index >= 15 is 0 Å². The Morgan fingerprint density at radius 1 is 1.19 bits per heavy atom. The van der Waals surface area contributed by atoms with E-state index in [4.69, 9.17) is 4.74 Å². The van der Waals surface area contributed by atoms with Crippen LogP contribution in [-0.4, -0.2) is 48.3 Å². The van der Waals surface area contributed by atoms with Gasteiger partial charge in [-0.3, -0.25) is 4.90 Å². The second-order valence-electron chi connectivity index (χ2n) is 8.21. The number of nitrogens with one attached hydrogen (secondary N) is 1. The first-order chi connectivity index (χ1) is 10.0. The van der Waals surface area contributed by atoms with Gasteiger partial charge in [-0.2, -0.15) is 0 Å². The fourth-order valence-corrected chi connectivity index (χ4v) is 4.59. The SMILES string of the molecule is CCC1(C)CN(C2CCCC(OC)C2)C(C)(C2CC2)CN1. The summed E-state index contributed by atoms with van der Waals surface area (Å²) in [5.41, 5.74) is 0.656.